The van der Waals surface area contributed by atoms with E-state index in [0.29, 0.717) is 16.7 Å². The maximum Gasteiger partial charge on any atom is 0.282 e. The molecule has 0 aliphatic carbocycles. The average Bonchev–Trinajstić information content (AvgIpc) is 3.07. The highest BCUT2D eigenvalue weighted by Crippen LogP contribution is 2.24. The molecular weight excluding hydrogens is 476 g/mol. The summed E-state index contributed by atoms with van der Waals surface area (Å²) in [6.45, 7) is 12.6. The third-order valence-corrected chi connectivity index (χ3v) is 6.77. The molecule has 0 bridgehead atoms. The molecule has 6 heteroatoms. The second-order valence-electron chi connectivity index (χ2n) is 8.75. The van der Waals surface area contributed by atoms with Gasteiger partial charge in [0.1, 0.15) is 5.82 Å². The summed E-state index contributed by atoms with van der Waals surface area (Å²) >= 11 is 3.46. The van der Waals surface area contributed by atoms with Crippen molar-refractivity contribution in [2.75, 3.05) is 0 Å². The average molecular weight is 505 g/mol. The van der Waals surface area contributed by atoms with E-state index in [2.05, 4.69) is 91.4 Å². The SMILES string of the molecule is CC[C@@H](C)c1nc2ccc(Br)cc2c(=O)n1N=Cc1cc(C)n(-c2cc(C)ccc2C)c1C. The molecule has 0 saturated carbocycles. The number of hydrogen-bond acceptors (Lipinski definition) is 3. The Kier molecular flexibility index (Phi) is 6.39. The first-order chi connectivity index (χ1) is 15.7. The van der Waals surface area contributed by atoms with Gasteiger partial charge in [-0.25, -0.2) is 4.98 Å². The zero-order valence-corrected chi connectivity index (χ0v) is 21.6. The van der Waals surface area contributed by atoms with Crippen LogP contribution in [0.25, 0.3) is 16.6 Å². The Morgan fingerprint density at radius 2 is 1.85 bits per heavy atom. The van der Waals surface area contributed by atoms with Gasteiger partial charge in [0.05, 0.1) is 17.1 Å². The maximum atomic E-state index is 13.4. The van der Waals surface area contributed by atoms with Crippen LogP contribution in [0.2, 0.25) is 0 Å². The molecule has 0 radical (unpaired) electrons. The van der Waals surface area contributed by atoms with Crippen LogP contribution in [-0.2, 0) is 0 Å². The van der Waals surface area contributed by atoms with Gasteiger partial charge in [-0.05, 0) is 75.6 Å². The topological polar surface area (TPSA) is 52.2 Å². The third-order valence-electron chi connectivity index (χ3n) is 6.27. The molecule has 0 N–H and O–H groups in total. The Morgan fingerprint density at radius 1 is 1.09 bits per heavy atom. The van der Waals surface area contributed by atoms with Crippen LogP contribution in [0.15, 0.2) is 56.8 Å². The van der Waals surface area contributed by atoms with Gasteiger partial charge in [0.25, 0.3) is 5.56 Å². The van der Waals surface area contributed by atoms with Crippen molar-refractivity contribution in [2.24, 2.45) is 5.10 Å². The van der Waals surface area contributed by atoms with Crippen LogP contribution < -0.4 is 5.56 Å². The van der Waals surface area contributed by atoms with Gasteiger partial charge < -0.3 is 4.57 Å². The van der Waals surface area contributed by atoms with Gasteiger partial charge in [0, 0.05) is 33.0 Å². The van der Waals surface area contributed by atoms with Gasteiger partial charge in [-0.2, -0.15) is 9.78 Å². The highest BCUT2D eigenvalue weighted by atomic mass is 79.9. The summed E-state index contributed by atoms with van der Waals surface area (Å²) in [5.41, 5.74) is 7.32. The molecule has 4 rings (SSSR count). The summed E-state index contributed by atoms with van der Waals surface area (Å²) in [6, 6.07) is 14.2. The molecule has 2 heterocycles. The molecule has 0 aliphatic heterocycles. The number of benzene rings is 2. The zero-order chi connectivity index (χ0) is 23.9. The minimum Gasteiger partial charge on any atom is -0.318 e. The van der Waals surface area contributed by atoms with Gasteiger partial charge in [-0.15, -0.1) is 0 Å². The third kappa shape index (κ3) is 4.32. The molecule has 2 aromatic carbocycles. The molecule has 0 aliphatic rings. The summed E-state index contributed by atoms with van der Waals surface area (Å²) in [7, 11) is 0. The molecule has 5 nitrogen and oxygen atoms in total. The van der Waals surface area contributed by atoms with Crippen LogP contribution in [0.3, 0.4) is 0 Å². The smallest absolute Gasteiger partial charge is 0.282 e. The predicted octanol–water partition coefficient (Wildman–Crippen LogP) is 6.58. The van der Waals surface area contributed by atoms with E-state index in [-0.39, 0.29) is 11.5 Å². The van der Waals surface area contributed by atoms with E-state index >= 15 is 0 Å². The normalized spacial score (nSPS) is 12.7. The second-order valence-corrected chi connectivity index (χ2v) is 9.67. The molecule has 0 spiro atoms. The van der Waals surface area contributed by atoms with Gasteiger partial charge in [0.15, 0.2) is 0 Å². The lowest BCUT2D eigenvalue weighted by molar-refractivity contribution is 0.613. The van der Waals surface area contributed by atoms with Gasteiger partial charge in [0.2, 0.25) is 0 Å². The Balaban J connectivity index is 1.86. The van der Waals surface area contributed by atoms with Crippen LogP contribution in [0.4, 0.5) is 0 Å². The highest BCUT2D eigenvalue weighted by Gasteiger charge is 2.16. The fraction of sp³-hybridized carbons (Fsp3) is 0.296. The lowest BCUT2D eigenvalue weighted by Crippen LogP contribution is -2.23. The number of aryl methyl sites for hydroxylation is 3. The molecule has 2 aromatic heterocycles. The predicted molar refractivity (Wildman–Crippen MR) is 140 cm³/mol. The van der Waals surface area contributed by atoms with Crippen molar-refractivity contribution in [1.29, 1.82) is 0 Å². The molecule has 0 amide bonds. The van der Waals surface area contributed by atoms with Crippen LogP contribution in [0.5, 0.6) is 0 Å². The van der Waals surface area contributed by atoms with E-state index in [1.165, 1.54) is 21.5 Å². The van der Waals surface area contributed by atoms with Crippen molar-refractivity contribution in [3.8, 4) is 5.69 Å². The summed E-state index contributed by atoms with van der Waals surface area (Å²) in [5.74, 6) is 0.780. The molecule has 33 heavy (non-hydrogen) atoms. The summed E-state index contributed by atoms with van der Waals surface area (Å²) in [4.78, 5) is 18.2. The molecule has 4 aromatic rings. The van der Waals surface area contributed by atoms with Crippen molar-refractivity contribution in [1.82, 2.24) is 14.2 Å². The first kappa shape index (κ1) is 23.2. The standard InChI is InChI=1S/C27H29BrN4O/c1-7-17(3)26-30-24-11-10-22(28)14-23(24)27(33)32(26)29-15-21-13-19(5)31(20(21)6)25-12-16(2)8-9-18(25)4/h8-15,17H,7H2,1-6H3/t17-/m1/s1. The van der Waals surface area contributed by atoms with E-state index in [1.54, 1.807) is 6.21 Å². The number of halogens is 1. The minimum atomic E-state index is -0.156. The fourth-order valence-electron chi connectivity index (χ4n) is 4.15. The molecule has 170 valence electrons. The first-order valence-corrected chi connectivity index (χ1v) is 12.0. The minimum absolute atomic E-state index is 0.102. The van der Waals surface area contributed by atoms with Gasteiger partial charge >= 0.3 is 0 Å². The lowest BCUT2D eigenvalue weighted by Gasteiger charge is -2.14. The molecule has 0 unspecified atom stereocenters. The number of hydrogen-bond donors (Lipinski definition) is 0. The number of rotatable bonds is 5. The summed E-state index contributed by atoms with van der Waals surface area (Å²) in [5, 5.41) is 5.21. The van der Waals surface area contributed by atoms with E-state index in [9.17, 15) is 4.79 Å². The van der Waals surface area contributed by atoms with E-state index in [1.807, 2.05) is 18.2 Å². The molecule has 1 atom stereocenters. The Bertz CT molecular complexity index is 1450. The van der Waals surface area contributed by atoms with Crippen LogP contribution >= 0.6 is 15.9 Å². The maximum absolute atomic E-state index is 13.4. The van der Waals surface area contributed by atoms with E-state index < -0.39 is 0 Å². The van der Waals surface area contributed by atoms with Crippen LogP contribution in [-0.4, -0.2) is 20.4 Å². The number of nitrogens with zero attached hydrogens (tertiary/aromatic N) is 4. The van der Waals surface area contributed by atoms with Crippen molar-refractivity contribution in [3.05, 3.63) is 91.2 Å². The van der Waals surface area contributed by atoms with Crippen molar-refractivity contribution >= 4 is 33.0 Å². The first-order valence-electron chi connectivity index (χ1n) is 11.2. The van der Waals surface area contributed by atoms with Crippen molar-refractivity contribution in [2.45, 2.75) is 53.9 Å². The monoisotopic (exact) mass is 504 g/mol. The summed E-state index contributed by atoms with van der Waals surface area (Å²) in [6.07, 6.45) is 2.65. The van der Waals surface area contributed by atoms with Crippen LogP contribution in [0, 0.1) is 27.7 Å². The quantitative estimate of drug-likeness (QED) is 0.288. The molecular formula is C27H29BrN4O. The van der Waals surface area contributed by atoms with Crippen molar-refractivity contribution < 1.29 is 0 Å². The van der Waals surface area contributed by atoms with E-state index in [0.717, 1.165) is 27.8 Å². The highest BCUT2D eigenvalue weighted by molar-refractivity contribution is 9.10. The second kappa shape index (κ2) is 9.10. The molecule has 0 fully saturated rings. The Hall–Kier alpha value is -2.99. The summed E-state index contributed by atoms with van der Waals surface area (Å²) < 4.78 is 4.56. The molecule has 0 saturated heterocycles. The number of aromatic nitrogens is 3. The fourth-order valence-corrected chi connectivity index (χ4v) is 4.51. The zero-order valence-electron chi connectivity index (χ0n) is 20.0. The largest absolute Gasteiger partial charge is 0.318 e. The van der Waals surface area contributed by atoms with Gasteiger partial charge in [-0.3, -0.25) is 4.79 Å². The Morgan fingerprint density at radius 3 is 2.58 bits per heavy atom. The van der Waals surface area contributed by atoms with Crippen molar-refractivity contribution in [3.63, 3.8) is 0 Å². The van der Waals surface area contributed by atoms with Gasteiger partial charge in [-0.1, -0.05) is 41.9 Å². The van der Waals surface area contributed by atoms with E-state index in [4.69, 9.17) is 4.98 Å². The Labute approximate surface area is 202 Å². The number of fused-ring (bicyclic) bond motifs is 1. The van der Waals surface area contributed by atoms with Crippen LogP contribution in [0.1, 0.15) is 60.1 Å². The lowest BCUT2D eigenvalue weighted by atomic mass is 10.1.